The van der Waals surface area contributed by atoms with Gasteiger partial charge in [-0.05, 0) is 33.1 Å². The molecule has 1 saturated carbocycles. The molecule has 154 valence electrons. The Kier molecular flexibility index (Phi) is 8.74. The molecule has 1 aliphatic carbocycles. The predicted molar refractivity (Wildman–Crippen MR) is 118 cm³/mol. The Hall–Kier alpha value is -0.940. The maximum Gasteiger partial charge on any atom is 0.191 e. The molecule has 0 bridgehead atoms. The van der Waals surface area contributed by atoms with Crippen LogP contribution in [0.3, 0.4) is 0 Å². The topological polar surface area (TPSA) is 79.6 Å². The number of fused-ring (bicyclic) bond motifs is 1. The molecule has 0 spiro atoms. The van der Waals surface area contributed by atoms with Crippen LogP contribution in [0.4, 0.5) is 0 Å². The Balaban J connectivity index is 0.00000261. The van der Waals surface area contributed by atoms with Gasteiger partial charge < -0.3 is 15.4 Å². The second-order valence-electron chi connectivity index (χ2n) is 7.50. The zero-order chi connectivity index (χ0) is 18.5. The van der Waals surface area contributed by atoms with Crippen molar-refractivity contribution in [3.8, 4) is 0 Å². The molecule has 27 heavy (non-hydrogen) atoms. The quantitative estimate of drug-likeness (QED) is 0.325. The van der Waals surface area contributed by atoms with Crippen LogP contribution < -0.4 is 10.6 Å². The van der Waals surface area contributed by atoms with E-state index in [2.05, 4.69) is 44.5 Å². The van der Waals surface area contributed by atoms with Gasteiger partial charge in [0.2, 0.25) is 0 Å². The largest absolute Gasteiger partial charge is 0.377 e. The van der Waals surface area contributed by atoms with Crippen LogP contribution in [0.25, 0.3) is 0 Å². The van der Waals surface area contributed by atoms with Crippen LogP contribution in [-0.2, 0) is 24.3 Å². The summed E-state index contributed by atoms with van der Waals surface area (Å²) in [5.41, 5.74) is 0. The lowest BCUT2D eigenvalue weighted by molar-refractivity contribution is 0.177. The van der Waals surface area contributed by atoms with E-state index in [1.807, 2.05) is 11.7 Å². The summed E-state index contributed by atoms with van der Waals surface area (Å²) in [7, 11) is 3.50. The van der Waals surface area contributed by atoms with Crippen molar-refractivity contribution in [3.63, 3.8) is 0 Å². The molecule has 0 amide bonds. The van der Waals surface area contributed by atoms with Crippen molar-refractivity contribution in [2.45, 2.75) is 70.8 Å². The number of hydrogen-bond acceptors (Lipinski definition) is 5. The number of aromatic nitrogens is 3. The number of nitrogens with one attached hydrogen (secondary N) is 2. The first-order valence-electron chi connectivity index (χ1n) is 9.75. The number of methoxy groups -OCH3 is 1. The number of nitrogens with zero attached hydrogens (tertiary/aromatic N) is 5. The summed E-state index contributed by atoms with van der Waals surface area (Å²) >= 11 is 0. The highest BCUT2D eigenvalue weighted by Gasteiger charge is 2.30. The minimum Gasteiger partial charge on any atom is -0.377 e. The molecule has 2 aliphatic rings. The van der Waals surface area contributed by atoms with Crippen LogP contribution in [0.15, 0.2) is 4.99 Å². The first-order valence-corrected chi connectivity index (χ1v) is 9.75. The summed E-state index contributed by atoms with van der Waals surface area (Å²) in [6.45, 7) is 7.80. The van der Waals surface area contributed by atoms with E-state index in [1.165, 1.54) is 12.8 Å². The van der Waals surface area contributed by atoms with Crippen molar-refractivity contribution in [1.82, 2.24) is 30.3 Å². The first kappa shape index (κ1) is 22.4. The molecule has 1 atom stereocenters. The van der Waals surface area contributed by atoms with Crippen molar-refractivity contribution < 1.29 is 4.74 Å². The normalized spacial score (nSPS) is 19.8. The lowest BCUT2D eigenvalue weighted by Gasteiger charge is -2.28. The Labute approximate surface area is 179 Å². The van der Waals surface area contributed by atoms with Gasteiger partial charge in [0.25, 0.3) is 0 Å². The number of aliphatic imine (C=N–C) groups is 1. The van der Waals surface area contributed by atoms with Crippen molar-refractivity contribution in [1.29, 1.82) is 0 Å². The van der Waals surface area contributed by atoms with E-state index in [4.69, 9.17) is 4.74 Å². The van der Waals surface area contributed by atoms with Gasteiger partial charge >= 0.3 is 0 Å². The minimum atomic E-state index is 0. The van der Waals surface area contributed by atoms with E-state index >= 15 is 0 Å². The van der Waals surface area contributed by atoms with Gasteiger partial charge in [-0.1, -0.05) is 0 Å². The van der Waals surface area contributed by atoms with E-state index < -0.39 is 0 Å². The summed E-state index contributed by atoms with van der Waals surface area (Å²) in [5, 5.41) is 11.5. The highest BCUT2D eigenvalue weighted by atomic mass is 127. The lowest BCUT2D eigenvalue weighted by Crippen LogP contribution is -2.49. The molecule has 1 aromatic rings. The van der Waals surface area contributed by atoms with E-state index in [-0.39, 0.29) is 24.0 Å². The van der Waals surface area contributed by atoms with E-state index in [0.29, 0.717) is 18.7 Å². The zero-order valence-corrected chi connectivity index (χ0v) is 19.3. The molecule has 0 radical (unpaired) electrons. The van der Waals surface area contributed by atoms with Crippen LogP contribution in [0.5, 0.6) is 0 Å². The fourth-order valence-corrected chi connectivity index (χ4v) is 3.63. The molecule has 1 unspecified atom stereocenters. The molecular formula is C18H34IN7O. The molecule has 3 rings (SSSR count). The van der Waals surface area contributed by atoms with Crippen molar-refractivity contribution in [2.75, 3.05) is 27.2 Å². The number of guanidine groups is 1. The van der Waals surface area contributed by atoms with Gasteiger partial charge in [-0.2, -0.15) is 5.10 Å². The van der Waals surface area contributed by atoms with Gasteiger partial charge in [0.1, 0.15) is 12.4 Å². The Morgan fingerprint density at radius 2 is 2.15 bits per heavy atom. The van der Waals surface area contributed by atoms with Crippen LogP contribution in [0.2, 0.25) is 0 Å². The second kappa shape index (κ2) is 10.6. The van der Waals surface area contributed by atoms with Gasteiger partial charge in [0, 0.05) is 51.8 Å². The maximum absolute atomic E-state index is 5.13. The van der Waals surface area contributed by atoms with E-state index in [9.17, 15) is 0 Å². The van der Waals surface area contributed by atoms with Crippen molar-refractivity contribution in [3.05, 3.63) is 11.6 Å². The molecule has 2 heterocycles. The predicted octanol–water partition coefficient (Wildman–Crippen LogP) is 1.40. The SMILES string of the molecule is CN=C(NCCN(C(C)C)C1CC1)NC1CCc2nc(COC)nn2C1.I. The molecule has 0 saturated heterocycles. The number of ether oxygens (including phenoxy) is 1. The maximum atomic E-state index is 5.13. The van der Waals surface area contributed by atoms with Gasteiger partial charge in [0.15, 0.2) is 11.8 Å². The first-order chi connectivity index (χ1) is 12.6. The molecule has 0 aromatic carbocycles. The third-order valence-electron chi connectivity index (χ3n) is 5.08. The van der Waals surface area contributed by atoms with Crippen LogP contribution in [-0.4, -0.2) is 71.0 Å². The van der Waals surface area contributed by atoms with Crippen LogP contribution in [0, 0.1) is 0 Å². The highest BCUT2D eigenvalue weighted by molar-refractivity contribution is 14.0. The smallest absolute Gasteiger partial charge is 0.191 e. The Bertz CT molecular complexity index is 613. The number of aryl methyl sites for hydroxylation is 1. The molecule has 2 N–H and O–H groups in total. The van der Waals surface area contributed by atoms with Gasteiger partial charge in [-0.15, -0.1) is 24.0 Å². The molecule has 1 aromatic heterocycles. The zero-order valence-electron chi connectivity index (χ0n) is 16.9. The van der Waals surface area contributed by atoms with Crippen molar-refractivity contribution in [2.24, 2.45) is 4.99 Å². The molecular weight excluding hydrogens is 457 g/mol. The molecule has 8 nitrogen and oxygen atoms in total. The molecule has 1 fully saturated rings. The molecule has 9 heteroatoms. The van der Waals surface area contributed by atoms with E-state index in [0.717, 1.165) is 56.1 Å². The van der Waals surface area contributed by atoms with Gasteiger partial charge in [-0.25, -0.2) is 9.67 Å². The van der Waals surface area contributed by atoms with Gasteiger partial charge in [0.05, 0.1) is 6.54 Å². The van der Waals surface area contributed by atoms with E-state index in [1.54, 1.807) is 7.11 Å². The van der Waals surface area contributed by atoms with Gasteiger partial charge in [-0.3, -0.25) is 9.89 Å². The van der Waals surface area contributed by atoms with Crippen LogP contribution in [0.1, 0.15) is 44.8 Å². The Morgan fingerprint density at radius 3 is 2.78 bits per heavy atom. The third-order valence-corrected chi connectivity index (χ3v) is 5.08. The number of halogens is 1. The van der Waals surface area contributed by atoms with Crippen LogP contribution >= 0.6 is 24.0 Å². The standard InChI is InChI=1S/C18H33N7O.HI/c1-13(2)24(15-6-7-15)10-9-20-18(19-3)21-14-5-8-17-22-16(12-26-4)23-25(17)11-14;/h13-15H,5-12H2,1-4H3,(H2,19,20,21);1H. The average Bonchev–Trinajstić information content (AvgIpc) is 3.37. The second-order valence-corrected chi connectivity index (χ2v) is 7.50. The summed E-state index contributed by atoms with van der Waals surface area (Å²) in [5.74, 6) is 2.68. The monoisotopic (exact) mass is 491 g/mol. The number of hydrogen-bond donors (Lipinski definition) is 2. The number of rotatable bonds is 8. The Morgan fingerprint density at radius 1 is 1.37 bits per heavy atom. The fraction of sp³-hybridized carbons (Fsp3) is 0.833. The molecule has 1 aliphatic heterocycles. The van der Waals surface area contributed by atoms with Crippen molar-refractivity contribution >= 4 is 29.9 Å². The average molecular weight is 491 g/mol. The summed E-state index contributed by atoms with van der Waals surface area (Å²) in [4.78, 5) is 11.5. The summed E-state index contributed by atoms with van der Waals surface area (Å²) in [6.07, 6.45) is 4.65. The highest BCUT2D eigenvalue weighted by Crippen LogP contribution is 2.27. The third kappa shape index (κ3) is 6.28. The lowest BCUT2D eigenvalue weighted by atomic mass is 10.1. The fourth-order valence-electron chi connectivity index (χ4n) is 3.63. The minimum absolute atomic E-state index is 0. The summed E-state index contributed by atoms with van der Waals surface area (Å²) < 4.78 is 7.13. The summed E-state index contributed by atoms with van der Waals surface area (Å²) in [6, 6.07) is 1.71.